The van der Waals surface area contributed by atoms with Gasteiger partial charge in [0.05, 0.1) is 25.7 Å². The second-order valence-electron chi connectivity index (χ2n) is 8.68. The summed E-state index contributed by atoms with van der Waals surface area (Å²) in [5, 5.41) is 2.85. The smallest absolute Gasteiger partial charge is 0.242 e. The molecule has 0 saturated carbocycles. The molecule has 0 bridgehead atoms. The minimum atomic E-state index is -3.62. The molecule has 0 heterocycles. The molecule has 0 aliphatic heterocycles. The molecule has 0 aromatic heterocycles. The highest BCUT2D eigenvalue weighted by Gasteiger charge is 2.27. The van der Waals surface area contributed by atoms with Gasteiger partial charge in [-0.15, -0.1) is 0 Å². The van der Waals surface area contributed by atoms with Gasteiger partial charge in [-0.2, -0.15) is 0 Å². The van der Waals surface area contributed by atoms with E-state index >= 15 is 0 Å². The second-order valence-corrected chi connectivity index (χ2v) is 10.6. The highest BCUT2D eigenvalue weighted by molar-refractivity contribution is 7.92. The standard InChI is InChI=1S/C27H39N3O6S/c1-6-17-28-27(32)21(3)29(20-22-12-10-13-23(19-22)35-4)26(31)16-11-18-30(37(5,33)34)24-14-8-9-15-25(24)36-7-2/h8-10,12-15,19,21H,6-7,11,16-18,20H2,1-5H3,(H,28,32)/t21-/m0/s1. The fourth-order valence-corrected chi connectivity index (χ4v) is 4.84. The zero-order valence-electron chi connectivity index (χ0n) is 22.4. The Morgan fingerprint density at radius 1 is 1.08 bits per heavy atom. The van der Waals surface area contributed by atoms with E-state index in [0.717, 1.165) is 18.2 Å². The fraction of sp³-hybridized carbons (Fsp3) is 0.481. The zero-order valence-corrected chi connectivity index (χ0v) is 23.2. The molecule has 2 amide bonds. The van der Waals surface area contributed by atoms with Gasteiger partial charge < -0.3 is 19.7 Å². The summed E-state index contributed by atoms with van der Waals surface area (Å²) in [7, 11) is -2.05. The lowest BCUT2D eigenvalue weighted by molar-refractivity contribution is -0.140. The normalized spacial score (nSPS) is 11.9. The first-order chi connectivity index (χ1) is 17.6. The van der Waals surface area contributed by atoms with Crippen molar-refractivity contribution in [3.05, 3.63) is 54.1 Å². The molecule has 1 N–H and O–H groups in total. The van der Waals surface area contributed by atoms with E-state index < -0.39 is 16.1 Å². The molecule has 37 heavy (non-hydrogen) atoms. The number of amides is 2. The molecule has 10 heteroatoms. The number of nitrogens with one attached hydrogen (secondary N) is 1. The van der Waals surface area contributed by atoms with Gasteiger partial charge in [0.15, 0.2) is 0 Å². The zero-order chi connectivity index (χ0) is 27.4. The van der Waals surface area contributed by atoms with E-state index in [2.05, 4.69) is 5.32 Å². The summed E-state index contributed by atoms with van der Waals surface area (Å²) in [6, 6.07) is 13.6. The van der Waals surface area contributed by atoms with Crippen LogP contribution in [0.15, 0.2) is 48.5 Å². The van der Waals surface area contributed by atoms with Gasteiger partial charge in [0.2, 0.25) is 21.8 Å². The van der Waals surface area contributed by atoms with Gasteiger partial charge in [-0.1, -0.05) is 31.2 Å². The number of benzene rings is 2. The van der Waals surface area contributed by atoms with Crippen LogP contribution in [0.4, 0.5) is 5.69 Å². The predicted molar refractivity (Wildman–Crippen MR) is 145 cm³/mol. The van der Waals surface area contributed by atoms with Crippen molar-refractivity contribution < 1.29 is 27.5 Å². The number of hydrogen-bond donors (Lipinski definition) is 1. The predicted octanol–water partition coefficient (Wildman–Crippen LogP) is 3.58. The van der Waals surface area contributed by atoms with Crippen molar-refractivity contribution in [3.63, 3.8) is 0 Å². The number of hydrogen-bond acceptors (Lipinski definition) is 6. The van der Waals surface area contributed by atoms with E-state index in [9.17, 15) is 18.0 Å². The summed E-state index contributed by atoms with van der Waals surface area (Å²) in [6.07, 6.45) is 2.25. The molecule has 0 unspecified atom stereocenters. The fourth-order valence-electron chi connectivity index (χ4n) is 3.87. The Hall–Kier alpha value is -3.27. The molecule has 1 atom stereocenters. The van der Waals surface area contributed by atoms with Crippen molar-refractivity contribution in [2.75, 3.05) is 37.4 Å². The average Bonchev–Trinajstić information content (AvgIpc) is 2.88. The molecule has 0 spiro atoms. The van der Waals surface area contributed by atoms with E-state index in [1.807, 2.05) is 38.1 Å². The third-order valence-electron chi connectivity index (χ3n) is 5.79. The lowest BCUT2D eigenvalue weighted by atomic mass is 10.1. The number of anilines is 1. The van der Waals surface area contributed by atoms with Crippen LogP contribution in [0.25, 0.3) is 0 Å². The lowest BCUT2D eigenvalue weighted by Gasteiger charge is -2.29. The highest BCUT2D eigenvalue weighted by Crippen LogP contribution is 2.30. The quantitative estimate of drug-likeness (QED) is 0.375. The van der Waals surface area contributed by atoms with Crippen molar-refractivity contribution in [1.29, 1.82) is 0 Å². The van der Waals surface area contributed by atoms with E-state index in [1.54, 1.807) is 38.3 Å². The van der Waals surface area contributed by atoms with E-state index in [4.69, 9.17) is 9.47 Å². The van der Waals surface area contributed by atoms with Gasteiger partial charge in [0.25, 0.3) is 0 Å². The van der Waals surface area contributed by atoms with Gasteiger partial charge >= 0.3 is 0 Å². The number of ether oxygens (including phenoxy) is 2. The molecular weight excluding hydrogens is 494 g/mol. The topological polar surface area (TPSA) is 105 Å². The Kier molecular flexibility index (Phi) is 11.7. The number of para-hydroxylation sites is 2. The maximum Gasteiger partial charge on any atom is 0.242 e. The van der Waals surface area contributed by atoms with Crippen LogP contribution < -0.4 is 19.1 Å². The van der Waals surface area contributed by atoms with E-state index in [0.29, 0.717) is 30.3 Å². The summed E-state index contributed by atoms with van der Waals surface area (Å²) in [6.45, 7) is 6.72. The Morgan fingerprint density at radius 3 is 2.46 bits per heavy atom. The number of sulfonamides is 1. The SMILES string of the molecule is CCCNC(=O)[C@H](C)N(Cc1cccc(OC)c1)C(=O)CCCN(c1ccccc1OCC)S(C)(=O)=O. The molecule has 0 fully saturated rings. The third-order valence-corrected chi connectivity index (χ3v) is 6.97. The third kappa shape index (κ3) is 8.96. The van der Waals surface area contributed by atoms with Crippen molar-refractivity contribution in [2.24, 2.45) is 0 Å². The van der Waals surface area contributed by atoms with Gasteiger partial charge in [-0.25, -0.2) is 8.42 Å². The van der Waals surface area contributed by atoms with Crippen molar-refractivity contribution in [2.45, 2.75) is 52.6 Å². The number of nitrogens with zero attached hydrogens (tertiary/aromatic N) is 2. The van der Waals surface area contributed by atoms with Crippen LogP contribution in [0, 0.1) is 0 Å². The molecular formula is C27H39N3O6S. The molecule has 0 radical (unpaired) electrons. The summed E-state index contributed by atoms with van der Waals surface area (Å²) >= 11 is 0. The first-order valence-corrected chi connectivity index (χ1v) is 14.4. The molecule has 204 valence electrons. The largest absolute Gasteiger partial charge is 0.497 e. The molecule has 0 aliphatic carbocycles. The van der Waals surface area contributed by atoms with Gasteiger partial charge in [0.1, 0.15) is 17.5 Å². The Morgan fingerprint density at radius 2 is 1.81 bits per heavy atom. The van der Waals surface area contributed by atoms with Crippen LogP contribution in [0.2, 0.25) is 0 Å². The van der Waals surface area contributed by atoms with Crippen LogP contribution in [-0.2, 0) is 26.2 Å². The van der Waals surface area contributed by atoms with Gasteiger partial charge in [-0.05, 0) is 56.5 Å². The van der Waals surface area contributed by atoms with Crippen molar-refractivity contribution in [3.8, 4) is 11.5 Å². The van der Waals surface area contributed by atoms with Gasteiger partial charge in [0, 0.05) is 26.1 Å². The number of carbonyl (C=O) groups excluding carboxylic acids is 2. The van der Waals surface area contributed by atoms with Crippen molar-refractivity contribution in [1.82, 2.24) is 10.2 Å². The molecule has 0 aliphatic rings. The minimum Gasteiger partial charge on any atom is -0.497 e. The molecule has 0 saturated heterocycles. The van der Waals surface area contributed by atoms with E-state index in [1.165, 1.54) is 9.21 Å². The maximum absolute atomic E-state index is 13.4. The number of rotatable bonds is 15. The first kappa shape index (κ1) is 30.0. The van der Waals surface area contributed by atoms with Gasteiger partial charge in [-0.3, -0.25) is 13.9 Å². The van der Waals surface area contributed by atoms with Crippen molar-refractivity contribution >= 4 is 27.5 Å². The second kappa shape index (κ2) is 14.5. The Bertz CT molecular complexity index is 1140. The van der Waals surface area contributed by atoms with Crippen LogP contribution in [0.1, 0.15) is 45.6 Å². The average molecular weight is 534 g/mol. The summed E-state index contributed by atoms with van der Waals surface area (Å²) in [4.78, 5) is 27.6. The van der Waals surface area contributed by atoms with Crippen LogP contribution in [-0.4, -0.2) is 64.2 Å². The number of methoxy groups -OCH3 is 1. The summed E-state index contributed by atoms with van der Waals surface area (Å²) in [5.74, 6) is 0.641. The highest BCUT2D eigenvalue weighted by atomic mass is 32.2. The minimum absolute atomic E-state index is 0.0676. The molecule has 2 aromatic rings. The van der Waals surface area contributed by atoms with Crippen LogP contribution in [0.5, 0.6) is 11.5 Å². The maximum atomic E-state index is 13.4. The molecule has 2 aromatic carbocycles. The lowest BCUT2D eigenvalue weighted by Crippen LogP contribution is -2.47. The Balaban J connectivity index is 2.21. The summed E-state index contributed by atoms with van der Waals surface area (Å²) < 4.78 is 37.4. The summed E-state index contributed by atoms with van der Waals surface area (Å²) in [5.41, 5.74) is 1.26. The molecule has 2 rings (SSSR count). The molecule has 9 nitrogen and oxygen atoms in total. The van der Waals surface area contributed by atoms with E-state index in [-0.39, 0.29) is 37.7 Å². The van der Waals surface area contributed by atoms with Crippen LogP contribution in [0.3, 0.4) is 0 Å². The Labute approximate surface area is 220 Å². The number of carbonyl (C=O) groups is 2. The monoisotopic (exact) mass is 533 g/mol. The first-order valence-electron chi connectivity index (χ1n) is 12.5. The van der Waals surface area contributed by atoms with Crippen LogP contribution >= 0.6 is 0 Å².